The van der Waals surface area contributed by atoms with Crippen molar-refractivity contribution >= 4 is 16.1 Å². The Morgan fingerprint density at radius 3 is 1.26 bits per heavy atom. The smallest absolute Gasteiger partial charge is 0.159 e. The molecule has 0 spiro atoms. The summed E-state index contributed by atoms with van der Waals surface area (Å²) in [5, 5.41) is 0. The average molecular weight is 633 g/mol. The van der Waals surface area contributed by atoms with E-state index in [1.165, 1.54) is 12.1 Å². The van der Waals surface area contributed by atoms with Crippen LogP contribution < -0.4 is 11.5 Å². The van der Waals surface area contributed by atoms with Crippen LogP contribution in [0.5, 0.6) is 0 Å². The van der Waals surface area contributed by atoms with Crippen LogP contribution in [0.25, 0.3) is 0 Å². The summed E-state index contributed by atoms with van der Waals surface area (Å²) in [6, 6.07) is 7.51. The molecule has 4 N–H and O–H groups in total. The van der Waals surface area contributed by atoms with Crippen LogP contribution in [0, 0.1) is 23.3 Å². The number of hydrogen-bond acceptors (Lipinski definition) is 6. The normalized spacial score (nSPS) is 15.4. The topological polar surface area (TPSA) is 89.0 Å². The standard InChI is InChI=1S/C30H48F4N2O4Si2/c1-41(2,3)13-11-37-19-39-29(27(35)17-21-7-9-23(31)25(33)15-21)30(40-20-38-12-14-42(4,5)6)28(36)18-22-8-10-24(32)26(34)16-22/h7-10,15-16,27-30H,11-14,17-20,35-36H2,1-6H3/t27-,28-,29+,30+/m1/s1. The molecule has 0 saturated carbocycles. The third-order valence-electron chi connectivity index (χ3n) is 6.76. The zero-order valence-corrected chi connectivity index (χ0v) is 27.7. The summed E-state index contributed by atoms with van der Waals surface area (Å²) in [5.74, 6) is -3.88. The summed E-state index contributed by atoms with van der Waals surface area (Å²) < 4.78 is 78.8. The molecular weight excluding hydrogens is 585 g/mol. The molecule has 0 fully saturated rings. The zero-order chi connectivity index (χ0) is 31.5. The lowest BCUT2D eigenvalue weighted by Gasteiger charge is -2.35. The second-order valence-corrected chi connectivity index (χ2v) is 24.4. The molecule has 2 aromatic carbocycles. The number of hydrogen-bond donors (Lipinski definition) is 2. The number of benzene rings is 2. The van der Waals surface area contributed by atoms with E-state index >= 15 is 0 Å². The molecule has 238 valence electrons. The van der Waals surface area contributed by atoms with Gasteiger partial charge in [0.15, 0.2) is 23.3 Å². The van der Waals surface area contributed by atoms with E-state index in [1.54, 1.807) is 0 Å². The Bertz CT molecular complexity index is 1020. The highest BCUT2D eigenvalue weighted by Gasteiger charge is 2.34. The van der Waals surface area contributed by atoms with E-state index < -0.39 is 63.7 Å². The molecule has 0 amide bonds. The minimum Gasteiger partial charge on any atom is -0.356 e. The molecule has 0 heterocycles. The fraction of sp³-hybridized carbons (Fsp3) is 0.600. The summed E-state index contributed by atoms with van der Waals surface area (Å²) in [6.45, 7) is 14.3. The first-order chi connectivity index (χ1) is 19.6. The Morgan fingerprint density at radius 1 is 0.595 bits per heavy atom. The Labute approximate surface area is 250 Å². The van der Waals surface area contributed by atoms with Gasteiger partial charge in [-0.2, -0.15) is 0 Å². The number of rotatable bonds is 19. The van der Waals surface area contributed by atoms with Crippen LogP contribution >= 0.6 is 0 Å². The monoisotopic (exact) mass is 632 g/mol. The van der Waals surface area contributed by atoms with E-state index in [0.717, 1.165) is 36.4 Å². The lowest BCUT2D eigenvalue weighted by molar-refractivity contribution is -0.176. The van der Waals surface area contributed by atoms with Crippen LogP contribution in [0.3, 0.4) is 0 Å². The van der Waals surface area contributed by atoms with Gasteiger partial charge in [0.2, 0.25) is 0 Å². The maximum atomic E-state index is 13.9. The van der Waals surface area contributed by atoms with Crippen molar-refractivity contribution in [3.8, 4) is 0 Å². The molecule has 0 aliphatic heterocycles. The predicted molar refractivity (Wildman–Crippen MR) is 164 cm³/mol. The minimum absolute atomic E-state index is 0.0884. The second-order valence-electron chi connectivity index (χ2n) is 13.2. The highest BCUT2D eigenvalue weighted by atomic mass is 28.3. The van der Waals surface area contributed by atoms with Crippen molar-refractivity contribution in [3.63, 3.8) is 0 Å². The molecule has 0 bridgehead atoms. The molecule has 0 unspecified atom stereocenters. The van der Waals surface area contributed by atoms with E-state index in [-0.39, 0.29) is 26.4 Å². The van der Waals surface area contributed by atoms with Crippen LogP contribution in [0.2, 0.25) is 51.4 Å². The molecule has 4 atom stereocenters. The molecule has 0 aromatic heterocycles. The van der Waals surface area contributed by atoms with Crippen molar-refractivity contribution in [1.29, 1.82) is 0 Å². The third-order valence-corrected chi connectivity index (χ3v) is 10.2. The van der Waals surface area contributed by atoms with Gasteiger partial charge < -0.3 is 30.4 Å². The third kappa shape index (κ3) is 13.8. The van der Waals surface area contributed by atoms with Gasteiger partial charge in [0.05, 0.1) is 0 Å². The number of ether oxygens (including phenoxy) is 4. The second kappa shape index (κ2) is 17.0. The Kier molecular flexibility index (Phi) is 14.8. The van der Waals surface area contributed by atoms with E-state index in [0.29, 0.717) is 24.3 Å². The Hall–Kier alpha value is -1.65. The van der Waals surface area contributed by atoms with Crippen molar-refractivity contribution in [2.24, 2.45) is 11.5 Å². The highest BCUT2D eigenvalue weighted by molar-refractivity contribution is 6.76. The van der Waals surface area contributed by atoms with Crippen molar-refractivity contribution in [1.82, 2.24) is 0 Å². The van der Waals surface area contributed by atoms with E-state index in [9.17, 15) is 17.6 Å². The summed E-state index contributed by atoms with van der Waals surface area (Å²) in [6.07, 6.45) is -1.45. The van der Waals surface area contributed by atoms with Gasteiger partial charge in [0, 0.05) is 41.4 Å². The summed E-state index contributed by atoms with van der Waals surface area (Å²) in [7, 11) is -2.67. The molecule has 0 saturated heterocycles. The van der Waals surface area contributed by atoms with Crippen molar-refractivity contribution in [2.75, 3.05) is 26.8 Å². The summed E-state index contributed by atoms with van der Waals surface area (Å²) in [4.78, 5) is 0. The van der Waals surface area contributed by atoms with Crippen LogP contribution in [0.15, 0.2) is 36.4 Å². The van der Waals surface area contributed by atoms with Gasteiger partial charge in [0.1, 0.15) is 25.8 Å². The molecular formula is C30H48F4N2O4Si2. The van der Waals surface area contributed by atoms with E-state index in [4.69, 9.17) is 30.4 Å². The maximum absolute atomic E-state index is 13.9. The van der Waals surface area contributed by atoms with Crippen LogP contribution in [-0.4, -0.2) is 67.2 Å². The molecule has 2 aromatic rings. The Morgan fingerprint density at radius 2 is 0.952 bits per heavy atom. The molecule has 0 radical (unpaired) electrons. The van der Waals surface area contributed by atoms with Crippen molar-refractivity contribution in [3.05, 3.63) is 70.8 Å². The summed E-state index contributed by atoms with van der Waals surface area (Å²) >= 11 is 0. The van der Waals surface area contributed by atoms with Gasteiger partial charge in [-0.1, -0.05) is 51.4 Å². The predicted octanol–water partition coefficient (Wildman–Crippen LogP) is 6.08. The minimum atomic E-state index is -1.34. The van der Waals surface area contributed by atoms with E-state index in [2.05, 4.69) is 39.3 Å². The van der Waals surface area contributed by atoms with Gasteiger partial charge in [-0.05, 0) is 60.3 Å². The molecule has 0 aliphatic carbocycles. The first-order valence-electron chi connectivity index (χ1n) is 14.3. The van der Waals surface area contributed by atoms with Crippen LogP contribution in [0.4, 0.5) is 17.6 Å². The fourth-order valence-electron chi connectivity index (χ4n) is 4.16. The fourth-order valence-corrected chi connectivity index (χ4v) is 5.68. The first-order valence-corrected chi connectivity index (χ1v) is 21.7. The molecule has 6 nitrogen and oxygen atoms in total. The van der Waals surface area contributed by atoms with Crippen molar-refractivity contribution < 1.29 is 36.5 Å². The Balaban J connectivity index is 2.27. The number of nitrogens with two attached hydrogens (primary N) is 2. The van der Waals surface area contributed by atoms with Gasteiger partial charge in [-0.15, -0.1) is 0 Å². The van der Waals surface area contributed by atoms with Gasteiger partial charge in [-0.25, -0.2) is 17.6 Å². The van der Waals surface area contributed by atoms with Crippen LogP contribution in [0.1, 0.15) is 11.1 Å². The quantitative estimate of drug-likeness (QED) is 0.0845. The molecule has 2 rings (SSSR count). The van der Waals surface area contributed by atoms with Gasteiger partial charge in [-0.3, -0.25) is 0 Å². The molecule has 42 heavy (non-hydrogen) atoms. The largest absolute Gasteiger partial charge is 0.356 e. The maximum Gasteiger partial charge on any atom is 0.159 e. The SMILES string of the molecule is C[Si](C)(C)CCOCO[C@H]([C@@H](OCOCC[Si](C)(C)C)[C@H](N)Cc1ccc(F)c(F)c1)[C@H](N)Cc1ccc(F)c(F)c1. The first kappa shape index (κ1) is 36.5. The molecule has 0 aliphatic rings. The van der Waals surface area contributed by atoms with Gasteiger partial charge in [0.25, 0.3) is 0 Å². The van der Waals surface area contributed by atoms with E-state index in [1.807, 2.05) is 0 Å². The van der Waals surface area contributed by atoms with Crippen molar-refractivity contribution in [2.45, 2.75) is 88.5 Å². The average Bonchev–Trinajstić information content (AvgIpc) is 2.87. The number of halogens is 4. The summed E-state index contributed by atoms with van der Waals surface area (Å²) in [5.41, 5.74) is 14.2. The lowest BCUT2D eigenvalue weighted by atomic mass is 9.91. The lowest BCUT2D eigenvalue weighted by Crippen LogP contribution is -2.55. The molecule has 12 heteroatoms. The van der Waals surface area contributed by atoms with Crippen LogP contribution in [-0.2, 0) is 31.8 Å². The highest BCUT2D eigenvalue weighted by Crippen LogP contribution is 2.20. The zero-order valence-electron chi connectivity index (χ0n) is 25.7. The van der Waals surface area contributed by atoms with Gasteiger partial charge >= 0.3 is 0 Å².